The van der Waals surface area contributed by atoms with Crippen LogP contribution in [0, 0.1) is 0 Å². The van der Waals surface area contributed by atoms with Gasteiger partial charge in [-0.2, -0.15) is 0 Å². The monoisotopic (exact) mass is 353 g/mol. The molecule has 0 bridgehead atoms. The number of carboxylic acid groups (broad SMARTS) is 1. The van der Waals surface area contributed by atoms with Gasteiger partial charge in [0.2, 0.25) is 0 Å². The van der Waals surface area contributed by atoms with E-state index in [1.54, 1.807) is 4.90 Å². The highest BCUT2D eigenvalue weighted by molar-refractivity contribution is 5.82. The Morgan fingerprint density at radius 3 is 2.50 bits per heavy atom. The predicted molar refractivity (Wildman–Crippen MR) is 98.3 cm³/mol. The molecule has 0 spiro atoms. The van der Waals surface area contributed by atoms with E-state index in [2.05, 4.69) is 13.8 Å². The van der Waals surface area contributed by atoms with Crippen molar-refractivity contribution in [3.05, 3.63) is 65.2 Å². The summed E-state index contributed by atoms with van der Waals surface area (Å²) in [6, 6.07) is 15.1. The number of carbonyl (C=O) groups excluding carboxylic acids is 1. The van der Waals surface area contributed by atoms with Crippen LogP contribution in [-0.4, -0.2) is 35.0 Å². The fraction of sp³-hybridized carbons (Fsp3) is 0.333. The number of hydrogen-bond acceptors (Lipinski definition) is 3. The number of rotatable bonds is 5. The summed E-state index contributed by atoms with van der Waals surface area (Å²) in [4.78, 5) is 25.7. The lowest BCUT2D eigenvalue weighted by Crippen LogP contribution is -2.42. The maximum atomic E-state index is 12.5. The zero-order valence-corrected chi connectivity index (χ0v) is 15.0. The lowest BCUT2D eigenvalue weighted by atomic mass is 9.90. The first kappa shape index (κ1) is 18.0. The van der Waals surface area contributed by atoms with E-state index in [-0.39, 0.29) is 19.1 Å². The Labute approximate surface area is 153 Å². The van der Waals surface area contributed by atoms with E-state index in [0.29, 0.717) is 18.2 Å². The minimum Gasteiger partial charge on any atom is -0.484 e. The average Bonchev–Trinajstić information content (AvgIpc) is 2.65. The molecule has 0 aliphatic carbocycles. The standard InChI is InChI=1S/C21H23NO4/c1-14(2)15-7-9-17(10-8-15)26-13-20(23)22-11-16-5-3-4-6-18(16)19(12-22)21(24)25/h3-10,14,19H,11-13H2,1-2H3,(H,24,25). The van der Waals surface area contributed by atoms with Gasteiger partial charge in [-0.3, -0.25) is 9.59 Å². The molecule has 26 heavy (non-hydrogen) atoms. The fourth-order valence-corrected chi connectivity index (χ4v) is 3.19. The molecule has 1 atom stereocenters. The van der Waals surface area contributed by atoms with Gasteiger partial charge in [0.1, 0.15) is 5.75 Å². The molecule has 5 nitrogen and oxygen atoms in total. The molecule has 5 heteroatoms. The number of amides is 1. The summed E-state index contributed by atoms with van der Waals surface area (Å²) in [6.07, 6.45) is 0. The van der Waals surface area contributed by atoms with Gasteiger partial charge >= 0.3 is 5.97 Å². The van der Waals surface area contributed by atoms with Crippen molar-refractivity contribution in [2.75, 3.05) is 13.2 Å². The van der Waals surface area contributed by atoms with Crippen molar-refractivity contribution in [1.82, 2.24) is 4.90 Å². The molecule has 1 aliphatic rings. The molecule has 0 aromatic heterocycles. The van der Waals surface area contributed by atoms with Crippen LogP contribution in [0.15, 0.2) is 48.5 Å². The SMILES string of the molecule is CC(C)c1ccc(OCC(=O)N2Cc3ccccc3C(C(=O)O)C2)cc1. The van der Waals surface area contributed by atoms with Crippen molar-refractivity contribution in [3.63, 3.8) is 0 Å². The summed E-state index contributed by atoms with van der Waals surface area (Å²) >= 11 is 0. The van der Waals surface area contributed by atoms with Gasteiger partial charge in [0, 0.05) is 13.1 Å². The molecule has 2 aromatic carbocycles. The van der Waals surface area contributed by atoms with Crippen LogP contribution in [0.3, 0.4) is 0 Å². The van der Waals surface area contributed by atoms with Gasteiger partial charge in [0.25, 0.3) is 5.91 Å². The van der Waals surface area contributed by atoms with E-state index in [1.807, 2.05) is 48.5 Å². The fourth-order valence-electron chi connectivity index (χ4n) is 3.19. The van der Waals surface area contributed by atoms with Crippen LogP contribution in [-0.2, 0) is 16.1 Å². The van der Waals surface area contributed by atoms with Crippen molar-refractivity contribution in [1.29, 1.82) is 0 Å². The highest BCUT2D eigenvalue weighted by Gasteiger charge is 2.32. The summed E-state index contributed by atoms with van der Waals surface area (Å²) in [5.74, 6) is -0.755. The minimum absolute atomic E-state index is 0.102. The molecular weight excluding hydrogens is 330 g/mol. The highest BCUT2D eigenvalue weighted by Crippen LogP contribution is 2.28. The van der Waals surface area contributed by atoms with Gasteiger partial charge in [0.05, 0.1) is 5.92 Å². The Morgan fingerprint density at radius 1 is 1.15 bits per heavy atom. The largest absolute Gasteiger partial charge is 0.484 e. The molecule has 1 N–H and O–H groups in total. The smallest absolute Gasteiger partial charge is 0.312 e. The van der Waals surface area contributed by atoms with Crippen LogP contribution in [0.5, 0.6) is 5.75 Å². The van der Waals surface area contributed by atoms with Crippen LogP contribution in [0.2, 0.25) is 0 Å². The molecule has 0 saturated carbocycles. The lowest BCUT2D eigenvalue weighted by Gasteiger charge is -2.32. The maximum Gasteiger partial charge on any atom is 0.312 e. The average molecular weight is 353 g/mol. The molecule has 1 amide bonds. The molecular formula is C21H23NO4. The van der Waals surface area contributed by atoms with Gasteiger partial charge in [-0.1, -0.05) is 50.2 Å². The Morgan fingerprint density at radius 2 is 1.85 bits per heavy atom. The molecule has 0 fully saturated rings. The van der Waals surface area contributed by atoms with Gasteiger partial charge < -0.3 is 14.7 Å². The number of ether oxygens (including phenoxy) is 1. The Hall–Kier alpha value is -2.82. The second-order valence-electron chi connectivity index (χ2n) is 6.88. The van der Waals surface area contributed by atoms with Gasteiger partial charge in [-0.15, -0.1) is 0 Å². The number of aliphatic carboxylic acids is 1. The lowest BCUT2D eigenvalue weighted by molar-refractivity contribution is -0.142. The van der Waals surface area contributed by atoms with Crippen molar-refractivity contribution >= 4 is 11.9 Å². The normalized spacial score (nSPS) is 16.3. The molecule has 0 saturated heterocycles. The second kappa shape index (κ2) is 7.60. The van der Waals surface area contributed by atoms with Gasteiger partial charge in [-0.05, 0) is 34.7 Å². The van der Waals surface area contributed by atoms with Crippen molar-refractivity contribution in [3.8, 4) is 5.75 Å². The molecule has 136 valence electrons. The van der Waals surface area contributed by atoms with E-state index in [4.69, 9.17) is 4.74 Å². The van der Waals surface area contributed by atoms with E-state index in [0.717, 1.165) is 11.1 Å². The topological polar surface area (TPSA) is 66.8 Å². The number of carbonyl (C=O) groups is 2. The number of carboxylic acids is 1. The summed E-state index contributed by atoms with van der Waals surface area (Å²) in [6.45, 7) is 4.71. The van der Waals surface area contributed by atoms with Crippen LogP contribution in [0.1, 0.15) is 42.4 Å². The van der Waals surface area contributed by atoms with Crippen molar-refractivity contribution in [2.45, 2.75) is 32.2 Å². The van der Waals surface area contributed by atoms with Crippen LogP contribution < -0.4 is 4.74 Å². The van der Waals surface area contributed by atoms with E-state index >= 15 is 0 Å². The quantitative estimate of drug-likeness (QED) is 0.895. The number of hydrogen-bond donors (Lipinski definition) is 1. The van der Waals surface area contributed by atoms with Crippen molar-refractivity contribution in [2.24, 2.45) is 0 Å². The summed E-state index contributed by atoms with van der Waals surface area (Å²) in [7, 11) is 0. The third-order valence-corrected chi connectivity index (χ3v) is 4.75. The zero-order valence-electron chi connectivity index (χ0n) is 15.0. The minimum atomic E-state index is -0.917. The number of nitrogens with zero attached hydrogens (tertiary/aromatic N) is 1. The third-order valence-electron chi connectivity index (χ3n) is 4.75. The Kier molecular flexibility index (Phi) is 5.26. The van der Waals surface area contributed by atoms with Crippen LogP contribution >= 0.6 is 0 Å². The van der Waals surface area contributed by atoms with Gasteiger partial charge in [0.15, 0.2) is 6.61 Å². The molecule has 0 radical (unpaired) electrons. The van der Waals surface area contributed by atoms with E-state index in [1.165, 1.54) is 5.56 Å². The highest BCUT2D eigenvalue weighted by atomic mass is 16.5. The van der Waals surface area contributed by atoms with Crippen LogP contribution in [0.4, 0.5) is 0 Å². The number of benzene rings is 2. The Balaban J connectivity index is 1.66. The van der Waals surface area contributed by atoms with Gasteiger partial charge in [-0.25, -0.2) is 0 Å². The van der Waals surface area contributed by atoms with Crippen LogP contribution in [0.25, 0.3) is 0 Å². The van der Waals surface area contributed by atoms with E-state index < -0.39 is 11.9 Å². The molecule has 1 aliphatic heterocycles. The van der Waals surface area contributed by atoms with Crippen molar-refractivity contribution < 1.29 is 19.4 Å². The molecule has 1 heterocycles. The maximum absolute atomic E-state index is 12.5. The molecule has 3 rings (SSSR count). The predicted octanol–water partition coefficient (Wildman–Crippen LogP) is 3.40. The number of fused-ring (bicyclic) bond motifs is 1. The van der Waals surface area contributed by atoms with E-state index in [9.17, 15) is 14.7 Å². The first-order valence-electron chi connectivity index (χ1n) is 8.77. The summed E-state index contributed by atoms with van der Waals surface area (Å²) in [5.41, 5.74) is 2.87. The third kappa shape index (κ3) is 3.87. The molecule has 2 aromatic rings. The first-order chi connectivity index (χ1) is 12.5. The summed E-state index contributed by atoms with van der Waals surface area (Å²) in [5, 5.41) is 9.49. The first-order valence-corrected chi connectivity index (χ1v) is 8.77. The molecule has 1 unspecified atom stereocenters. The zero-order chi connectivity index (χ0) is 18.7. The Bertz CT molecular complexity index is 798. The summed E-state index contributed by atoms with van der Waals surface area (Å²) < 4.78 is 5.60. The second-order valence-corrected chi connectivity index (χ2v) is 6.88.